The summed E-state index contributed by atoms with van der Waals surface area (Å²) in [6.07, 6.45) is 5.58. The lowest BCUT2D eigenvalue weighted by Crippen LogP contribution is -1.82. The monoisotopic (exact) mass is 317 g/mol. The SMILES string of the molecule is COc1ccc(/C=C/c2n[nH]c3ccc(-c4nc[nH]n4)cc23)cc1. The highest BCUT2D eigenvalue weighted by Gasteiger charge is 2.07. The van der Waals surface area contributed by atoms with Gasteiger partial charge in [0.1, 0.15) is 12.1 Å². The molecule has 0 aliphatic heterocycles. The number of aromatic nitrogens is 5. The summed E-state index contributed by atoms with van der Waals surface area (Å²) < 4.78 is 5.17. The summed E-state index contributed by atoms with van der Waals surface area (Å²) in [5.41, 5.74) is 3.88. The average molecular weight is 317 g/mol. The van der Waals surface area contributed by atoms with E-state index in [0.29, 0.717) is 5.82 Å². The molecule has 0 radical (unpaired) electrons. The van der Waals surface area contributed by atoms with Crippen molar-refractivity contribution in [1.29, 1.82) is 0 Å². The molecule has 4 rings (SSSR count). The molecule has 0 atom stereocenters. The lowest BCUT2D eigenvalue weighted by molar-refractivity contribution is 0.415. The van der Waals surface area contributed by atoms with E-state index in [0.717, 1.165) is 33.5 Å². The number of hydrogen-bond acceptors (Lipinski definition) is 4. The zero-order valence-corrected chi connectivity index (χ0v) is 13.0. The molecule has 0 aliphatic rings. The zero-order chi connectivity index (χ0) is 16.4. The Hall–Kier alpha value is -3.41. The average Bonchev–Trinajstić information content (AvgIpc) is 3.30. The maximum atomic E-state index is 5.17. The topological polar surface area (TPSA) is 79.5 Å². The Bertz CT molecular complexity index is 984. The van der Waals surface area contributed by atoms with Gasteiger partial charge in [0.2, 0.25) is 0 Å². The number of fused-ring (bicyclic) bond motifs is 1. The first-order valence-electron chi connectivity index (χ1n) is 7.50. The van der Waals surface area contributed by atoms with E-state index in [1.807, 2.05) is 54.6 Å². The first-order valence-corrected chi connectivity index (χ1v) is 7.50. The van der Waals surface area contributed by atoms with Crippen LogP contribution in [0.2, 0.25) is 0 Å². The molecule has 2 aromatic carbocycles. The Morgan fingerprint density at radius 2 is 1.88 bits per heavy atom. The van der Waals surface area contributed by atoms with Crippen LogP contribution in [-0.4, -0.2) is 32.5 Å². The van der Waals surface area contributed by atoms with E-state index in [2.05, 4.69) is 25.4 Å². The Kier molecular flexibility index (Phi) is 3.55. The van der Waals surface area contributed by atoms with Crippen LogP contribution in [0.3, 0.4) is 0 Å². The molecule has 0 bridgehead atoms. The van der Waals surface area contributed by atoms with Crippen LogP contribution >= 0.6 is 0 Å². The third-order valence-corrected chi connectivity index (χ3v) is 3.82. The fourth-order valence-corrected chi connectivity index (χ4v) is 2.54. The van der Waals surface area contributed by atoms with E-state index in [1.54, 1.807) is 13.4 Å². The summed E-state index contributed by atoms with van der Waals surface area (Å²) >= 11 is 0. The van der Waals surface area contributed by atoms with Crippen LogP contribution in [0.25, 0.3) is 34.4 Å². The van der Waals surface area contributed by atoms with Crippen molar-refractivity contribution in [1.82, 2.24) is 25.4 Å². The summed E-state index contributed by atoms with van der Waals surface area (Å²) in [5, 5.41) is 15.3. The second-order valence-electron chi connectivity index (χ2n) is 5.30. The third kappa shape index (κ3) is 2.65. The molecule has 24 heavy (non-hydrogen) atoms. The molecular formula is C18H15N5O. The number of rotatable bonds is 4. The van der Waals surface area contributed by atoms with Gasteiger partial charge in [0.05, 0.1) is 18.3 Å². The molecule has 0 saturated heterocycles. The molecule has 0 fully saturated rings. The van der Waals surface area contributed by atoms with E-state index < -0.39 is 0 Å². The summed E-state index contributed by atoms with van der Waals surface area (Å²) in [5.74, 6) is 1.51. The third-order valence-electron chi connectivity index (χ3n) is 3.82. The second kappa shape index (κ2) is 6.00. The molecule has 2 N–H and O–H groups in total. The van der Waals surface area contributed by atoms with Crippen molar-refractivity contribution in [2.24, 2.45) is 0 Å². The summed E-state index contributed by atoms with van der Waals surface area (Å²) in [6, 6.07) is 13.9. The number of H-pyrrole nitrogens is 2. The van der Waals surface area contributed by atoms with Gasteiger partial charge in [0, 0.05) is 10.9 Å². The van der Waals surface area contributed by atoms with Crippen molar-refractivity contribution in [2.75, 3.05) is 7.11 Å². The molecular weight excluding hydrogens is 302 g/mol. The molecule has 0 unspecified atom stereocenters. The number of nitrogens with one attached hydrogen (secondary N) is 2. The van der Waals surface area contributed by atoms with Crippen LogP contribution in [0.5, 0.6) is 5.75 Å². The number of hydrogen-bond donors (Lipinski definition) is 2. The van der Waals surface area contributed by atoms with Crippen molar-refractivity contribution < 1.29 is 4.74 Å². The predicted octanol–water partition coefficient (Wildman–Crippen LogP) is 3.53. The van der Waals surface area contributed by atoms with Gasteiger partial charge in [-0.3, -0.25) is 10.2 Å². The Labute approximate surface area is 138 Å². The van der Waals surface area contributed by atoms with Gasteiger partial charge < -0.3 is 4.74 Å². The van der Waals surface area contributed by atoms with Gasteiger partial charge in [-0.05, 0) is 42.0 Å². The molecule has 6 nitrogen and oxygen atoms in total. The van der Waals surface area contributed by atoms with Gasteiger partial charge in [-0.1, -0.05) is 18.2 Å². The van der Waals surface area contributed by atoms with E-state index in [4.69, 9.17) is 4.74 Å². The maximum Gasteiger partial charge on any atom is 0.180 e. The van der Waals surface area contributed by atoms with Gasteiger partial charge >= 0.3 is 0 Å². The number of aromatic amines is 2. The van der Waals surface area contributed by atoms with Crippen molar-refractivity contribution in [2.45, 2.75) is 0 Å². The van der Waals surface area contributed by atoms with E-state index in [1.165, 1.54) is 0 Å². The van der Waals surface area contributed by atoms with E-state index in [-0.39, 0.29) is 0 Å². The van der Waals surface area contributed by atoms with Crippen LogP contribution in [0, 0.1) is 0 Å². The van der Waals surface area contributed by atoms with Crippen LogP contribution in [0.15, 0.2) is 48.8 Å². The molecule has 118 valence electrons. The van der Waals surface area contributed by atoms with Gasteiger partial charge in [0.25, 0.3) is 0 Å². The molecule has 0 amide bonds. The minimum atomic E-state index is 0.670. The largest absolute Gasteiger partial charge is 0.497 e. The number of ether oxygens (including phenoxy) is 1. The van der Waals surface area contributed by atoms with Crippen LogP contribution < -0.4 is 4.74 Å². The van der Waals surface area contributed by atoms with Crippen LogP contribution in [-0.2, 0) is 0 Å². The summed E-state index contributed by atoms with van der Waals surface area (Å²) in [6.45, 7) is 0. The molecule has 0 saturated carbocycles. The lowest BCUT2D eigenvalue weighted by atomic mass is 10.1. The normalized spacial score (nSPS) is 11.4. The smallest absolute Gasteiger partial charge is 0.180 e. The molecule has 2 heterocycles. The summed E-state index contributed by atoms with van der Waals surface area (Å²) in [7, 11) is 1.66. The molecule has 2 aromatic heterocycles. The highest BCUT2D eigenvalue weighted by atomic mass is 16.5. The first kappa shape index (κ1) is 14.2. The molecule has 4 aromatic rings. The highest BCUT2D eigenvalue weighted by molar-refractivity contribution is 5.91. The van der Waals surface area contributed by atoms with Crippen molar-refractivity contribution in [3.8, 4) is 17.1 Å². The Balaban J connectivity index is 1.68. The first-order chi connectivity index (χ1) is 11.8. The Morgan fingerprint density at radius 3 is 2.62 bits per heavy atom. The maximum absolute atomic E-state index is 5.17. The number of benzene rings is 2. The lowest BCUT2D eigenvalue weighted by Gasteiger charge is -1.99. The summed E-state index contributed by atoms with van der Waals surface area (Å²) in [4.78, 5) is 4.19. The quantitative estimate of drug-likeness (QED) is 0.603. The number of nitrogens with zero attached hydrogens (tertiary/aromatic N) is 3. The minimum Gasteiger partial charge on any atom is -0.497 e. The highest BCUT2D eigenvalue weighted by Crippen LogP contribution is 2.24. The number of methoxy groups -OCH3 is 1. The molecule has 0 spiro atoms. The van der Waals surface area contributed by atoms with Gasteiger partial charge in [-0.25, -0.2) is 4.98 Å². The fourth-order valence-electron chi connectivity index (χ4n) is 2.54. The van der Waals surface area contributed by atoms with Gasteiger partial charge in [-0.15, -0.1) is 0 Å². The van der Waals surface area contributed by atoms with Crippen molar-refractivity contribution in [3.05, 3.63) is 60.0 Å². The standard InChI is InChI=1S/C18H15N5O/c1-24-14-6-2-12(3-7-14)4-8-16-15-10-13(18-19-11-20-23-18)5-9-17(15)22-21-16/h2-11H,1H3,(H,21,22)(H,19,20,23)/b8-4+. The van der Waals surface area contributed by atoms with Crippen molar-refractivity contribution in [3.63, 3.8) is 0 Å². The fraction of sp³-hybridized carbons (Fsp3) is 0.0556. The molecule has 0 aliphatic carbocycles. The van der Waals surface area contributed by atoms with Crippen LogP contribution in [0.1, 0.15) is 11.3 Å². The van der Waals surface area contributed by atoms with Gasteiger partial charge in [0.15, 0.2) is 5.82 Å². The zero-order valence-electron chi connectivity index (χ0n) is 13.0. The van der Waals surface area contributed by atoms with Gasteiger partial charge in [-0.2, -0.15) is 10.2 Å². The second-order valence-corrected chi connectivity index (χ2v) is 5.30. The van der Waals surface area contributed by atoms with Crippen molar-refractivity contribution >= 4 is 23.1 Å². The van der Waals surface area contributed by atoms with Crippen LogP contribution in [0.4, 0.5) is 0 Å². The van der Waals surface area contributed by atoms with E-state index >= 15 is 0 Å². The van der Waals surface area contributed by atoms with E-state index in [9.17, 15) is 0 Å². The minimum absolute atomic E-state index is 0.670. The molecule has 6 heteroatoms. The Morgan fingerprint density at radius 1 is 1.00 bits per heavy atom. The predicted molar refractivity (Wildman–Crippen MR) is 93.4 cm³/mol.